The molecule has 0 amide bonds. The Labute approximate surface area is 122 Å². The quantitative estimate of drug-likeness (QED) is 0.696. The number of pyridine rings is 1. The lowest BCUT2D eigenvalue weighted by Gasteiger charge is -2.05. The smallest absolute Gasteiger partial charge is 0.255 e. The largest absolute Gasteiger partial charge is 0.276 e. The Bertz CT molecular complexity index is 713. The highest BCUT2D eigenvalue weighted by atomic mass is 35.5. The average molecular weight is 310 g/mol. The van der Waals surface area contributed by atoms with Gasteiger partial charge in [-0.2, -0.15) is 18.4 Å². The van der Waals surface area contributed by atoms with Gasteiger partial charge in [0.05, 0.1) is 16.3 Å². The Hall–Kier alpha value is -1.92. The monoisotopic (exact) mass is 309 g/mol. The standard InChI is InChI=1S/C13H12ClN3O2S/c1-10(13-4-2-3-9-15-13)16-17-20(18,19)12-7-5-11(14)6-8-12/h2-9,17H,1H3/b16-10+. The van der Waals surface area contributed by atoms with Gasteiger partial charge < -0.3 is 0 Å². The lowest BCUT2D eigenvalue weighted by Crippen LogP contribution is -2.20. The van der Waals surface area contributed by atoms with E-state index < -0.39 is 10.0 Å². The van der Waals surface area contributed by atoms with Gasteiger partial charge in [-0.25, -0.2) is 0 Å². The summed E-state index contributed by atoms with van der Waals surface area (Å²) in [4.78, 5) is 6.35. The molecule has 0 aliphatic carbocycles. The summed E-state index contributed by atoms with van der Waals surface area (Å²) in [5, 5.41) is 4.32. The molecule has 1 aromatic heterocycles. The highest BCUT2D eigenvalue weighted by molar-refractivity contribution is 7.89. The summed E-state index contributed by atoms with van der Waals surface area (Å²) in [6.45, 7) is 1.67. The van der Waals surface area contributed by atoms with Gasteiger partial charge in [0.15, 0.2) is 0 Å². The van der Waals surface area contributed by atoms with Gasteiger partial charge in [0, 0.05) is 11.2 Å². The zero-order valence-corrected chi connectivity index (χ0v) is 12.2. The van der Waals surface area contributed by atoms with Crippen LogP contribution in [0.2, 0.25) is 5.02 Å². The molecule has 0 atom stereocenters. The maximum Gasteiger partial charge on any atom is 0.276 e. The molecule has 1 aromatic carbocycles. The van der Waals surface area contributed by atoms with Crippen molar-refractivity contribution < 1.29 is 8.42 Å². The average Bonchev–Trinajstić information content (AvgIpc) is 2.46. The lowest BCUT2D eigenvalue weighted by molar-refractivity contribution is 0.584. The Morgan fingerprint density at radius 1 is 1.20 bits per heavy atom. The molecular weight excluding hydrogens is 298 g/mol. The third kappa shape index (κ3) is 3.55. The summed E-state index contributed by atoms with van der Waals surface area (Å²) in [5.74, 6) is 0. The van der Waals surface area contributed by atoms with Crippen LogP contribution in [0.4, 0.5) is 0 Å². The molecule has 0 saturated heterocycles. The topological polar surface area (TPSA) is 71.4 Å². The number of hydrazone groups is 1. The normalized spacial score (nSPS) is 12.2. The van der Waals surface area contributed by atoms with E-state index in [0.717, 1.165) is 0 Å². The minimum Gasteiger partial charge on any atom is -0.255 e. The second-order valence-corrected chi connectivity index (χ2v) is 6.06. The fraction of sp³-hybridized carbons (Fsp3) is 0.0769. The minimum atomic E-state index is -3.70. The van der Waals surface area contributed by atoms with E-state index in [4.69, 9.17) is 11.6 Å². The van der Waals surface area contributed by atoms with Crippen molar-refractivity contribution in [2.45, 2.75) is 11.8 Å². The Morgan fingerprint density at radius 3 is 2.50 bits per heavy atom. The van der Waals surface area contributed by atoms with Crippen molar-refractivity contribution in [2.24, 2.45) is 5.10 Å². The van der Waals surface area contributed by atoms with Crippen molar-refractivity contribution in [3.05, 3.63) is 59.4 Å². The van der Waals surface area contributed by atoms with Gasteiger partial charge in [0.2, 0.25) is 0 Å². The molecule has 0 fully saturated rings. The minimum absolute atomic E-state index is 0.0967. The van der Waals surface area contributed by atoms with Crippen LogP contribution in [0.5, 0.6) is 0 Å². The van der Waals surface area contributed by atoms with Crippen LogP contribution in [-0.2, 0) is 10.0 Å². The SMILES string of the molecule is C/C(=N\NS(=O)(=O)c1ccc(Cl)cc1)c1ccccn1. The molecule has 2 rings (SSSR count). The first kappa shape index (κ1) is 14.5. The molecule has 0 bridgehead atoms. The van der Waals surface area contributed by atoms with Crippen LogP contribution in [-0.4, -0.2) is 19.1 Å². The molecule has 0 aliphatic rings. The van der Waals surface area contributed by atoms with Crippen LogP contribution in [0.15, 0.2) is 58.7 Å². The van der Waals surface area contributed by atoms with Crippen molar-refractivity contribution in [1.82, 2.24) is 9.82 Å². The summed E-state index contributed by atoms with van der Waals surface area (Å²) < 4.78 is 24.0. The Balaban J connectivity index is 2.19. The first-order chi connectivity index (χ1) is 9.49. The third-order valence-electron chi connectivity index (χ3n) is 2.49. The van der Waals surface area contributed by atoms with E-state index in [0.29, 0.717) is 16.4 Å². The van der Waals surface area contributed by atoms with Crippen molar-refractivity contribution in [3.63, 3.8) is 0 Å². The zero-order valence-electron chi connectivity index (χ0n) is 10.6. The third-order valence-corrected chi connectivity index (χ3v) is 3.97. The zero-order chi connectivity index (χ0) is 14.6. The van der Waals surface area contributed by atoms with E-state index in [-0.39, 0.29) is 4.90 Å². The highest BCUT2D eigenvalue weighted by Gasteiger charge is 2.12. The highest BCUT2D eigenvalue weighted by Crippen LogP contribution is 2.13. The molecule has 0 radical (unpaired) electrons. The molecule has 5 nitrogen and oxygen atoms in total. The predicted octanol–water partition coefficient (Wildman–Crippen LogP) is 2.44. The number of aromatic nitrogens is 1. The van der Waals surface area contributed by atoms with Gasteiger partial charge in [0.1, 0.15) is 0 Å². The van der Waals surface area contributed by atoms with Gasteiger partial charge in [0.25, 0.3) is 10.0 Å². The first-order valence-corrected chi connectivity index (χ1v) is 7.58. The molecule has 0 saturated carbocycles. The van der Waals surface area contributed by atoms with E-state index in [2.05, 4.69) is 14.9 Å². The van der Waals surface area contributed by atoms with Gasteiger partial charge in [-0.3, -0.25) is 4.98 Å². The van der Waals surface area contributed by atoms with Crippen LogP contribution in [0.1, 0.15) is 12.6 Å². The van der Waals surface area contributed by atoms with Gasteiger partial charge >= 0.3 is 0 Å². The number of nitrogens with one attached hydrogen (secondary N) is 1. The first-order valence-electron chi connectivity index (χ1n) is 5.72. The second-order valence-electron chi connectivity index (χ2n) is 3.96. The number of nitrogens with zero attached hydrogens (tertiary/aromatic N) is 2. The molecule has 0 spiro atoms. The van der Waals surface area contributed by atoms with Crippen molar-refractivity contribution >= 4 is 27.3 Å². The maximum atomic E-state index is 12.0. The van der Waals surface area contributed by atoms with Crippen molar-refractivity contribution in [2.75, 3.05) is 0 Å². The van der Waals surface area contributed by atoms with E-state index in [1.165, 1.54) is 24.3 Å². The van der Waals surface area contributed by atoms with Crippen LogP contribution >= 0.6 is 11.6 Å². The van der Waals surface area contributed by atoms with Crippen LogP contribution in [0.3, 0.4) is 0 Å². The van der Waals surface area contributed by atoms with E-state index >= 15 is 0 Å². The summed E-state index contributed by atoms with van der Waals surface area (Å²) in [6, 6.07) is 11.2. The number of rotatable bonds is 4. The second kappa shape index (κ2) is 6.02. The molecule has 1 N–H and O–H groups in total. The summed E-state index contributed by atoms with van der Waals surface area (Å²) in [5.41, 5.74) is 1.08. The summed E-state index contributed by atoms with van der Waals surface area (Å²) in [7, 11) is -3.70. The number of hydrogen-bond donors (Lipinski definition) is 1. The Morgan fingerprint density at radius 2 is 1.90 bits per heavy atom. The molecule has 0 unspecified atom stereocenters. The Kier molecular flexibility index (Phi) is 4.36. The van der Waals surface area contributed by atoms with Crippen LogP contribution < -0.4 is 4.83 Å². The number of benzene rings is 1. The van der Waals surface area contributed by atoms with Crippen LogP contribution in [0.25, 0.3) is 0 Å². The molecular formula is C13H12ClN3O2S. The fourth-order valence-corrected chi connectivity index (χ4v) is 2.41. The maximum absolute atomic E-state index is 12.0. The van der Waals surface area contributed by atoms with Crippen molar-refractivity contribution in [3.8, 4) is 0 Å². The van der Waals surface area contributed by atoms with E-state index in [9.17, 15) is 8.42 Å². The fourth-order valence-electron chi connectivity index (χ4n) is 1.43. The molecule has 7 heteroatoms. The predicted molar refractivity (Wildman–Crippen MR) is 78.2 cm³/mol. The van der Waals surface area contributed by atoms with Crippen LogP contribution in [0, 0.1) is 0 Å². The summed E-state index contributed by atoms with van der Waals surface area (Å²) in [6.07, 6.45) is 1.61. The summed E-state index contributed by atoms with van der Waals surface area (Å²) >= 11 is 5.72. The van der Waals surface area contributed by atoms with Crippen molar-refractivity contribution in [1.29, 1.82) is 0 Å². The number of halogens is 1. The van der Waals surface area contributed by atoms with Gasteiger partial charge in [-0.05, 0) is 43.3 Å². The van der Waals surface area contributed by atoms with E-state index in [1.807, 2.05) is 0 Å². The molecule has 1 heterocycles. The molecule has 20 heavy (non-hydrogen) atoms. The van der Waals surface area contributed by atoms with Gasteiger partial charge in [-0.15, -0.1) is 0 Å². The van der Waals surface area contributed by atoms with E-state index in [1.54, 1.807) is 31.3 Å². The molecule has 0 aliphatic heterocycles. The number of sulfonamides is 1. The van der Waals surface area contributed by atoms with Gasteiger partial charge in [-0.1, -0.05) is 17.7 Å². The number of hydrogen-bond acceptors (Lipinski definition) is 4. The lowest BCUT2D eigenvalue weighted by atomic mass is 10.3. The molecule has 104 valence electrons. The molecule has 2 aromatic rings.